The fraction of sp³-hybridized carbons (Fsp3) is 0.583. The van der Waals surface area contributed by atoms with Gasteiger partial charge in [-0.1, -0.05) is 0 Å². The van der Waals surface area contributed by atoms with E-state index in [1.54, 1.807) is 18.3 Å². The smallest absolute Gasteiger partial charge is 0.139 e. The molecule has 16 heavy (non-hydrogen) atoms. The Morgan fingerprint density at radius 2 is 2.38 bits per heavy atom. The maximum Gasteiger partial charge on any atom is 0.139 e. The van der Waals surface area contributed by atoms with E-state index in [0.29, 0.717) is 0 Å². The molecule has 0 aromatic carbocycles. The molecule has 1 heterocycles. The molecule has 1 unspecified atom stereocenters. The van der Waals surface area contributed by atoms with Crippen LogP contribution in [-0.2, 0) is 4.79 Å². The van der Waals surface area contributed by atoms with Crippen LogP contribution >= 0.6 is 27.3 Å². The monoisotopic (exact) mass is 301 g/mol. The highest BCUT2D eigenvalue weighted by Crippen LogP contribution is 2.30. The number of hydrogen-bond donors (Lipinski definition) is 1. The zero-order valence-electron chi connectivity index (χ0n) is 9.33. The standard InChI is InChI=1S/C12H16BrNOS/c1-8(15)10(7-14-6-9-2-3-9)11-4-5-12(13)16-11/h4-5,9-10,14H,2-3,6-7H2,1H3. The second-order valence-corrected chi connectivity index (χ2v) is 6.90. The van der Waals surface area contributed by atoms with Crippen LogP contribution in [0.4, 0.5) is 0 Å². The normalized spacial score (nSPS) is 17.4. The Morgan fingerprint density at radius 3 is 2.88 bits per heavy atom. The summed E-state index contributed by atoms with van der Waals surface area (Å²) in [7, 11) is 0. The van der Waals surface area contributed by atoms with Gasteiger partial charge in [0.15, 0.2) is 0 Å². The molecular formula is C12H16BrNOS. The third-order valence-corrected chi connectivity index (χ3v) is 4.64. The number of Topliss-reactive ketones (excluding diaryl/α,β-unsaturated/α-hetero) is 1. The van der Waals surface area contributed by atoms with E-state index in [-0.39, 0.29) is 11.7 Å². The Hall–Kier alpha value is -0.190. The lowest BCUT2D eigenvalue weighted by Crippen LogP contribution is -2.26. The van der Waals surface area contributed by atoms with E-state index in [4.69, 9.17) is 0 Å². The Labute approximate surface area is 109 Å². The number of halogens is 1. The fourth-order valence-electron chi connectivity index (χ4n) is 1.71. The van der Waals surface area contributed by atoms with E-state index in [1.807, 2.05) is 12.1 Å². The molecule has 1 saturated carbocycles. The summed E-state index contributed by atoms with van der Waals surface area (Å²) in [6.45, 7) is 3.52. The van der Waals surface area contributed by atoms with Gasteiger partial charge >= 0.3 is 0 Å². The molecule has 2 rings (SSSR count). The van der Waals surface area contributed by atoms with E-state index >= 15 is 0 Å². The van der Waals surface area contributed by atoms with Crippen LogP contribution in [-0.4, -0.2) is 18.9 Å². The Balaban J connectivity index is 1.90. The molecule has 1 aliphatic carbocycles. The first-order valence-electron chi connectivity index (χ1n) is 5.63. The molecule has 0 radical (unpaired) electrons. The molecule has 0 amide bonds. The third-order valence-electron chi connectivity index (χ3n) is 2.91. The maximum atomic E-state index is 11.6. The van der Waals surface area contributed by atoms with Gasteiger partial charge in [0.05, 0.1) is 9.70 Å². The van der Waals surface area contributed by atoms with Gasteiger partial charge < -0.3 is 5.32 Å². The lowest BCUT2D eigenvalue weighted by molar-refractivity contribution is -0.118. The van der Waals surface area contributed by atoms with Crippen molar-refractivity contribution in [1.82, 2.24) is 5.32 Å². The molecule has 4 heteroatoms. The summed E-state index contributed by atoms with van der Waals surface area (Å²) in [5.41, 5.74) is 0. The summed E-state index contributed by atoms with van der Waals surface area (Å²) in [5, 5.41) is 3.41. The minimum atomic E-state index is 0.0232. The molecule has 1 fully saturated rings. The van der Waals surface area contributed by atoms with E-state index < -0.39 is 0 Å². The van der Waals surface area contributed by atoms with E-state index in [2.05, 4.69) is 21.2 Å². The first-order chi connectivity index (χ1) is 7.66. The van der Waals surface area contributed by atoms with Crippen LogP contribution in [0.25, 0.3) is 0 Å². The second-order valence-electron chi connectivity index (χ2n) is 4.41. The number of ketones is 1. The van der Waals surface area contributed by atoms with Crippen LogP contribution in [0.2, 0.25) is 0 Å². The van der Waals surface area contributed by atoms with Gasteiger partial charge in [0.2, 0.25) is 0 Å². The number of rotatable bonds is 6. The highest BCUT2D eigenvalue weighted by Gasteiger charge is 2.23. The lowest BCUT2D eigenvalue weighted by atomic mass is 10.0. The number of hydrogen-bond acceptors (Lipinski definition) is 3. The molecule has 1 atom stereocenters. The van der Waals surface area contributed by atoms with Crippen molar-refractivity contribution in [2.24, 2.45) is 5.92 Å². The van der Waals surface area contributed by atoms with Crippen LogP contribution < -0.4 is 5.32 Å². The summed E-state index contributed by atoms with van der Waals surface area (Å²) >= 11 is 5.09. The van der Waals surface area contributed by atoms with Gasteiger partial charge in [0.25, 0.3) is 0 Å². The molecule has 1 N–H and O–H groups in total. The average molecular weight is 302 g/mol. The number of carbonyl (C=O) groups excluding carboxylic acids is 1. The van der Waals surface area contributed by atoms with E-state index in [0.717, 1.165) is 27.7 Å². The second kappa shape index (κ2) is 5.43. The van der Waals surface area contributed by atoms with Crippen molar-refractivity contribution in [3.63, 3.8) is 0 Å². The quantitative estimate of drug-likeness (QED) is 0.874. The molecule has 2 nitrogen and oxygen atoms in total. The molecule has 1 aromatic heterocycles. The summed E-state index contributed by atoms with van der Waals surface area (Å²) in [5.74, 6) is 1.13. The van der Waals surface area contributed by atoms with Crippen LogP contribution in [0, 0.1) is 5.92 Å². The van der Waals surface area contributed by atoms with Gasteiger partial charge in [-0.25, -0.2) is 0 Å². The zero-order valence-corrected chi connectivity index (χ0v) is 11.7. The average Bonchev–Trinajstić information content (AvgIpc) is 2.95. The van der Waals surface area contributed by atoms with E-state index in [9.17, 15) is 4.79 Å². The largest absolute Gasteiger partial charge is 0.315 e. The van der Waals surface area contributed by atoms with Gasteiger partial charge in [-0.3, -0.25) is 4.79 Å². The van der Waals surface area contributed by atoms with Crippen LogP contribution in [0.3, 0.4) is 0 Å². The van der Waals surface area contributed by atoms with Crippen molar-refractivity contribution >= 4 is 33.0 Å². The zero-order chi connectivity index (χ0) is 11.5. The van der Waals surface area contributed by atoms with Gasteiger partial charge in [0.1, 0.15) is 5.78 Å². The Morgan fingerprint density at radius 1 is 1.62 bits per heavy atom. The molecule has 0 aliphatic heterocycles. The highest BCUT2D eigenvalue weighted by atomic mass is 79.9. The van der Waals surface area contributed by atoms with Crippen molar-refractivity contribution in [3.05, 3.63) is 20.8 Å². The van der Waals surface area contributed by atoms with E-state index in [1.165, 1.54) is 12.8 Å². The first-order valence-corrected chi connectivity index (χ1v) is 7.24. The van der Waals surface area contributed by atoms with Crippen LogP contribution in [0.5, 0.6) is 0 Å². The lowest BCUT2D eigenvalue weighted by Gasteiger charge is -2.12. The topological polar surface area (TPSA) is 29.1 Å². The van der Waals surface area contributed by atoms with Gasteiger partial charge in [0, 0.05) is 11.4 Å². The van der Waals surface area contributed by atoms with Crippen LogP contribution in [0.15, 0.2) is 15.9 Å². The third kappa shape index (κ3) is 3.40. The predicted octanol–water partition coefficient (Wildman–Crippen LogP) is 3.18. The first kappa shape index (κ1) is 12.3. The SMILES string of the molecule is CC(=O)C(CNCC1CC1)c1ccc(Br)s1. The van der Waals surface area contributed by atoms with Crippen LogP contribution in [0.1, 0.15) is 30.6 Å². The number of thiophene rings is 1. The summed E-state index contributed by atoms with van der Waals surface area (Å²) in [4.78, 5) is 12.8. The molecule has 0 spiro atoms. The van der Waals surface area contributed by atoms with Gasteiger partial charge in [-0.2, -0.15) is 0 Å². The van der Waals surface area contributed by atoms with Crippen molar-refractivity contribution in [2.45, 2.75) is 25.7 Å². The molecule has 0 saturated heterocycles. The Kier molecular flexibility index (Phi) is 4.16. The van der Waals surface area contributed by atoms with Crippen molar-refractivity contribution in [1.29, 1.82) is 0 Å². The maximum absolute atomic E-state index is 11.6. The van der Waals surface area contributed by atoms with Gasteiger partial charge in [-0.15, -0.1) is 11.3 Å². The van der Waals surface area contributed by atoms with Gasteiger partial charge in [-0.05, 0) is 60.3 Å². The number of carbonyl (C=O) groups is 1. The summed E-state index contributed by atoms with van der Waals surface area (Å²) in [6, 6.07) is 4.05. The molecule has 88 valence electrons. The van der Waals surface area contributed by atoms with Crippen molar-refractivity contribution in [2.75, 3.05) is 13.1 Å². The molecular weight excluding hydrogens is 286 g/mol. The Bertz CT molecular complexity index is 373. The minimum Gasteiger partial charge on any atom is -0.315 e. The predicted molar refractivity (Wildman–Crippen MR) is 71.0 cm³/mol. The highest BCUT2D eigenvalue weighted by molar-refractivity contribution is 9.11. The summed E-state index contributed by atoms with van der Waals surface area (Å²) < 4.78 is 1.09. The molecule has 1 aromatic rings. The molecule has 0 bridgehead atoms. The minimum absolute atomic E-state index is 0.0232. The molecule has 1 aliphatic rings. The van der Waals surface area contributed by atoms with Crippen molar-refractivity contribution in [3.8, 4) is 0 Å². The van der Waals surface area contributed by atoms with Crippen molar-refractivity contribution < 1.29 is 4.79 Å². The fourth-order valence-corrected chi connectivity index (χ4v) is 3.30. The number of nitrogens with one attached hydrogen (secondary N) is 1. The summed E-state index contributed by atoms with van der Waals surface area (Å²) in [6.07, 6.45) is 2.70.